The average molecular weight is 319 g/mol. The SMILES string of the molecule is O=C=C1C=NC(NN=CCc2ccccc2S(=O)(=O)O)=CC1. The minimum Gasteiger partial charge on any atom is -0.282 e. The van der Waals surface area contributed by atoms with E-state index in [4.69, 9.17) is 4.55 Å². The van der Waals surface area contributed by atoms with E-state index in [-0.39, 0.29) is 11.3 Å². The quantitative estimate of drug-likeness (QED) is 0.366. The Balaban J connectivity index is 1.99. The Labute approximate surface area is 127 Å². The fraction of sp³-hybridized carbons (Fsp3) is 0.143. The predicted molar refractivity (Wildman–Crippen MR) is 82.0 cm³/mol. The molecule has 0 radical (unpaired) electrons. The molecule has 0 unspecified atom stereocenters. The van der Waals surface area contributed by atoms with Gasteiger partial charge in [0.15, 0.2) is 0 Å². The van der Waals surface area contributed by atoms with Gasteiger partial charge >= 0.3 is 0 Å². The van der Waals surface area contributed by atoms with E-state index in [2.05, 4.69) is 15.5 Å². The number of hydrogen-bond acceptors (Lipinski definition) is 6. The number of allylic oxidation sites excluding steroid dienone is 2. The molecule has 0 saturated heterocycles. The lowest BCUT2D eigenvalue weighted by Crippen LogP contribution is -2.08. The molecule has 0 bridgehead atoms. The molecule has 2 N–H and O–H groups in total. The molecule has 8 heteroatoms. The van der Waals surface area contributed by atoms with Crippen molar-refractivity contribution in [2.24, 2.45) is 10.1 Å². The monoisotopic (exact) mass is 319 g/mol. The fourth-order valence-corrected chi connectivity index (χ4v) is 2.52. The Morgan fingerprint density at radius 3 is 2.82 bits per heavy atom. The van der Waals surface area contributed by atoms with Gasteiger partial charge in [0.25, 0.3) is 10.1 Å². The molecule has 22 heavy (non-hydrogen) atoms. The van der Waals surface area contributed by atoms with Crippen LogP contribution in [0.25, 0.3) is 0 Å². The van der Waals surface area contributed by atoms with Gasteiger partial charge in [-0.3, -0.25) is 9.98 Å². The molecule has 1 aliphatic rings. The minimum absolute atomic E-state index is 0.142. The Kier molecular flexibility index (Phi) is 5.00. The van der Waals surface area contributed by atoms with Crippen LogP contribution in [0.15, 0.2) is 56.7 Å². The van der Waals surface area contributed by atoms with Crippen LogP contribution in [-0.2, 0) is 21.3 Å². The van der Waals surface area contributed by atoms with Gasteiger partial charge in [0.05, 0.1) is 10.5 Å². The largest absolute Gasteiger partial charge is 0.294 e. The van der Waals surface area contributed by atoms with Crippen molar-refractivity contribution in [3.05, 3.63) is 47.3 Å². The van der Waals surface area contributed by atoms with Gasteiger partial charge in [0.1, 0.15) is 11.8 Å². The second-order valence-corrected chi connectivity index (χ2v) is 5.78. The second-order valence-electron chi connectivity index (χ2n) is 4.39. The van der Waals surface area contributed by atoms with Gasteiger partial charge in [-0.05, 0) is 17.7 Å². The third-order valence-corrected chi connectivity index (χ3v) is 3.79. The molecule has 0 fully saturated rings. The van der Waals surface area contributed by atoms with Crippen molar-refractivity contribution < 1.29 is 17.8 Å². The van der Waals surface area contributed by atoms with Crippen molar-refractivity contribution in [3.8, 4) is 0 Å². The molecule has 7 nitrogen and oxygen atoms in total. The highest BCUT2D eigenvalue weighted by Crippen LogP contribution is 2.14. The summed E-state index contributed by atoms with van der Waals surface area (Å²) in [5.41, 5.74) is 3.56. The number of nitrogens with zero attached hydrogens (tertiary/aromatic N) is 2. The molecule has 1 heterocycles. The van der Waals surface area contributed by atoms with E-state index in [1.165, 1.54) is 24.6 Å². The summed E-state index contributed by atoms with van der Waals surface area (Å²) in [6, 6.07) is 6.12. The highest BCUT2D eigenvalue weighted by atomic mass is 32.2. The predicted octanol–water partition coefficient (Wildman–Crippen LogP) is 1.13. The summed E-state index contributed by atoms with van der Waals surface area (Å²) in [6.07, 6.45) is 5.20. The number of nitrogens with one attached hydrogen (secondary N) is 1. The fourth-order valence-electron chi connectivity index (χ4n) is 1.78. The smallest absolute Gasteiger partial charge is 0.282 e. The molecule has 0 spiro atoms. The molecule has 0 aliphatic carbocycles. The summed E-state index contributed by atoms with van der Waals surface area (Å²) in [5, 5.41) is 3.92. The summed E-state index contributed by atoms with van der Waals surface area (Å²) in [4.78, 5) is 14.2. The maximum Gasteiger partial charge on any atom is 0.294 e. The summed E-state index contributed by atoms with van der Waals surface area (Å²) < 4.78 is 31.6. The first-order valence-electron chi connectivity index (χ1n) is 6.32. The lowest BCUT2D eigenvalue weighted by molar-refractivity contribution is 0.482. The lowest BCUT2D eigenvalue weighted by atomic mass is 10.2. The Morgan fingerprint density at radius 1 is 1.41 bits per heavy atom. The van der Waals surface area contributed by atoms with Gasteiger partial charge in [-0.15, -0.1) is 0 Å². The normalized spacial score (nSPS) is 14.8. The lowest BCUT2D eigenvalue weighted by Gasteiger charge is -2.06. The van der Waals surface area contributed by atoms with Crippen molar-refractivity contribution in [1.29, 1.82) is 0 Å². The van der Waals surface area contributed by atoms with Crippen LogP contribution in [-0.4, -0.2) is 31.3 Å². The molecule has 2 rings (SSSR count). The van der Waals surface area contributed by atoms with E-state index >= 15 is 0 Å². The summed E-state index contributed by atoms with van der Waals surface area (Å²) in [6.45, 7) is 0. The molecule has 1 aromatic rings. The molecule has 0 amide bonds. The van der Waals surface area contributed by atoms with Crippen LogP contribution < -0.4 is 5.43 Å². The van der Waals surface area contributed by atoms with Crippen molar-refractivity contribution in [2.75, 3.05) is 0 Å². The first-order valence-corrected chi connectivity index (χ1v) is 7.76. The molecule has 114 valence electrons. The summed E-state index contributed by atoms with van der Waals surface area (Å²) >= 11 is 0. The van der Waals surface area contributed by atoms with E-state index in [1.807, 2.05) is 0 Å². The number of hydrazone groups is 1. The van der Waals surface area contributed by atoms with Gasteiger partial charge < -0.3 is 0 Å². The molecular weight excluding hydrogens is 306 g/mol. The van der Waals surface area contributed by atoms with E-state index < -0.39 is 10.1 Å². The molecule has 0 atom stereocenters. The maximum atomic E-state index is 11.2. The van der Waals surface area contributed by atoms with Crippen LogP contribution >= 0.6 is 0 Å². The van der Waals surface area contributed by atoms with Gasteiger partial charge in [0.2, 0.25) is 0 Å². The maximum absolute atomic E-state index is 11.2. The molecule has 1 aromatic carbocycles. The third kappa shape index (κ3) is 4.23. The number of rotatable bonds is 5. The van der Waals surface area contributed by atoms with E-state index in [1.54, 1.807) is 24.2 Å². The third-order valence-electron chi connectivity index (χ3n) is 2.84. The highest BCUT2D eigenvalue weighted by Gasteiger charge is 2.13. The van der Waals surface area contributed by atoms with Crippen molar-refractivity contribution in [2.45, 2.75) is 17.7 Å². The zero-order chi connectivity index (χ0) is 16.0. The zero-order valence-corrected chi connectivity index (χ0v) is 12.2. The molecule has 0 saturated carbocycles. The van der Waals surface area contributed by atoms with Crippen molar-refractivity contribution in [1.82, 2.24) is 5.43 Å². The van der Waals surface area contributed by atoms with Crippen molar-refractivity contribution >= 4 is 28.5 Å². The van der Waals surface area contributed by atoms with Crippen LogP contribution in [0.5, 0.6) is 0 Å². The van der Waals surface area contributed by atoms with E-state index in [9.17, 15) is 13.2 Å². The second kappa shape index (κ2) is 6.95. The standard InChI is InChI=1S/C14H13N3O4S/c18-10-11-5-6-14(15-9-11)17-16-8-7-12-3-1-2-4-13(12)22(19,20)21/h1-4,6,8-9,17H,5,7H2,(H,19,20,21). The highest BCUT2D eigenvalue weighted by molar-refractivity contribution is 7.85. The zero-order valence-electron chi connectivity index (χ0n) is 11.4. The average Bonchev–Trinajstić information content (AvgIpc) is 2.51. The van der Waals surface area contributed by atoms with Crippen LogP contribution in [0.2, 0.25) is 0 Å². The topological polar surface area (TPSA) is 108 Å². The van der Waals surface area contributed by atoms with Gasteiger partial charge in [-0.1, -0.05) is 18.2 Å². The van der Waals surface area contributed by atoms with Gasteiger partial charge in [-0.25, -0.2) is 9.79 Å². The Bertz CT molecular complexity index is 803. The molecule has 1 aliphatic heterocycles. The molecule has 0 aromatic heterocycles. The van der Waals surface area contributed by atoms with E-state index in [0.717, 1.165) is 0 Å². The number of hydrogen-bond donors (Lipinski definition) is 2. The van der Waals surface area contributed by atoms with Crippen LogP contribution in [0.1, 0.15) is 12.0 Å². The van der Waals surface area contributed by atoms with Gasteiger partial charge in [0, 0.05) is 25.3 Å². The first-order chi connectivity index (χ1) is 10.5. The Morgan fingerprint density at radius 2 is 2.18 bits per heavy atom. The number of carbonyl (C=O) groups excluding carboxylic acids is 1. The van der Waals surface area contributed by atoms with Crippen LogP contribution in [0.4, 0.5) is 0 Å². The Hall–Kier alpha value is -2.54. The van der Waals surface area contributed by atoms with Gasteiger partial charge in [-0.2, -0.15) is 13.5 Å². The minimum atomic E-state index is -4.26. The van der Waals surface area contributed by atoms with E-state index in [0.29, 0.717) is 23.4 Å². The first kappa shape index (κ1) is 15.8. The number of aliphatic imine (C=N–C) groups is 1. The van der Waals surface area contributed by atoms with Crippen molar-refractivity contribution in [3.63, 3.8) is 0 Å². The molecular formula is C14H13N3O4S. The van der Waals surface area contributed by atoms with Crippen LogP contribution in [0, 0.1) is 0 Å². The summed E-state index contributed by atoms with van der Waals surface area (Å²) in [5.74, 6) is 2.24. The van der Waals surface area contributed by atoms with Crippen LogP contribution in [0.3, 0.4) is 0 Å². The number of benzene rings is 1. The summed E-state index contributed by atoms with van der Waals surface area (Å²) in [7, 11) is -4.26.